The maximum Gasteiger partial charge on any atom is 0.323 e. The number of imide groups is 1. The van der Waals surface area contributed by atoms with Crippen molar-refractivity contribution in [2.24, 2.45) is 11.8 Å². The van der Waals surface area contributed by atoms with E-state index in [1.165, 1.54) is 12.0 Å². The van der Waals surface area contributed by atoms with Gasteiger partial charge in [0.25, 0.3) is 0 Å². The first kappa shape index (κ1) is 18.2. The fourth-order valence-corrected chi connectivity index (χ4v) is 4.10. The molecule has 0 aliphatic carbocycles. The monoisotopic (exact) mass is 380 g/mol. The number of rotatable bonds is 4. The Kier molecular flexibility index (Phi) is 4.60. The molecule has 4 atom stereocenters. The number of para-hydroxylation sites is 1. The summed E-state index contributed by atoms with van der Waals surface area (Å²) in [5.41, 5.74) is 1.31. The number of hydrogen-bond donors (Lipinski definition) is 1. The fraction of sp³-hybridized carbons (Fsp3) is 0.286. The fourth-order valence-electron chi connectivity index (χ4n) is 4.10. The maximum atomic E-state index is 13.2. The summed E-state index contributed by atoms with van der Waals surface area (Å²) >= 11 is 0. The van der Waals surface area contributed by atoms with Crippen LogP contribution in [0.2, 0.25) is 0 Å². The van der Waals surface area contributed by atoms with Gasteiger partial charge in [0, 0.05) is 6.04 Å². The van der Waals surface area contributed by atoms with Gasteiger partial charge in [0.1, 0.15) is 11.8 Å². The number of nitrogens with zero attached hydrogens (tertiary/aromatic N) is 1. The summed E-state index contributed by atoms with van der Waals surface area (Å²) in [5.74, 6) is -2.08. The molecular formula is C21H20N2O5. The molecule has 2 amide bonds. The van der Waals surface area contributed by atoms with Crippen LogP contribution in [0.15, 0.2) is 54.6 Å². The van der Waals surface area contributed by atoms with Crippen molar-refractivity contribution in [3.05, 3.63) is 60.2 Å². The number of methoxy groups -OCH3 is 2. The normalized spacial score (nSPS) is 26.3. The molecule has 7 heteroatoms. The van der Waals surface area contributed by atoms with Crippen molar-refractivity contribution in [3.63, 3.8) is 0 Å². The van der Waals surface area contributed by atoms with Gasteiger partial charge in [-0.15, -0.1) is 0 Å². The van der Waals surface area contributed by atoms with Crippen LogP contribution in [0.5, 0.6) is 5.75 Å². The third-order valence-corrected chi connectivity index (χ3v) is 5.42. The van der Waals surface area contributed by atoms with Crippen molar-refractivity contribution in [1.82, 2.24) is 5.32 Å². The zero-order chi connectivity index (χ0) is 19.8. The molecule has 2 aliphatic rings. The molecule has 0 aromatic heterocycles. The molecule has 0 bridgehead atoms. The quantitative estimate of drug-likeness (QED) is 0.642. The number of carbonyl (C=O) groups is 3. The van der Waals surface area contributed by atoms with Gasteiger partial charge in [-0.05, 0) is 29.8 Å². The smallest absolute Gasteiger partial charge is 0.323 e. The third kappa shape index (κ3) is 2.75. The molecule has 0 saturated carbocycles. The van der Waals surface area contributed by atoms with Crippen LogP contribution in [0, 0.1) is 11.8 Å². The molecule has 1 N–H and O–H groups in total. The molecule has 2 fully saturated rings. The van der Waals surface area contributed by atoms with Crippen molar-refractivity contribution in [1.29, 1.82) is 0 Å². The third-order valence-electron chi connectivity index (χ3n) is 5.42. The van der Waals surface area contributed by atoms with Crippen molar-refractivity contribution in [3.8, 4) is 5.75 Å². The molecule has 144 valence electrons. The Morgan fingerprint density at radius 3 is 2.18 bits per heavy atom. The summed E-state index contributed by atoms with van der Waals surface area (Å²) in [6.45, 7) is 0. The molecule has 0 unspecified atom stereocenters. The highest BCUT2D eigenvalue weighted by molar-refractivity contribution is 6.23. The summed E-state index contributed by atoms with van der Waals surface area (Å²) in [4.78, 5) is 39.9. The lowest BCUT2D eigenvalue weighted by Gasteiger charge is -2.22. The van der Waals surface area contributed by atoms with Crippen LogP contribution < -0.4 is 15.0 Å². The minimum Gasteiger partial charge on any atom is -0.497 e. The molecule has 2 aliphatic heterocycles. The Morgan fingerprint density at radius 2 is 1.57 bits per heavy atom. The van der Waals surface area contributed by atoms with E-state index in [1.54, 1.807) is 43.5 Å². The predicted octanol–water partition coefficient (Wildman–Crippen LogP) is 1.69. The molecule has 2 aromatic carbocycles. The van der Waals surface area contributed by atoms with Gasteiger partial charge in [-0.2, -0.15) is 0 Å². The van der Waals surface area contributed by atoms with E-state index in [2.05, 4.69) is 5.32 Å². The van der Waals surface area contributed by atoms with Crippen LogP contribution in [-0.4, -0.2) is 38.0 Å². The van der Waals surface area contributed by atoms with Gasteiger partial charge in [-0.1, -0.05) is 30.3 Å². The number of esters is 1. The zero-order valence-electron chi connectivity index (χ0n) is 15.5. The number of ether oxygens (including phenoxy) is 2. The largest absolute Gasteiger partial charge is 0.497 e. The van der Waals surface area contributed by atoms with Crippen LogP contribution in [0.4, 0.5) is 5.69 Å². The van der Waals surface area contributed by atoms with E-state index >= 15 is 0 Å². The van der Waals surface area contributed by atoms with Gasteiger partial charge in [-0.3, -0.25) is 19.7 Å². The second kappa shape index (κ2) is 7.09. The van der Waals surface area contributed by atoms with Crippen LogP contribution in [0.3, 0.4) is 0 Å². The first-order chi connectivity index (χ1) is 13.6. The number of amides is 2. The van der Waals surface area contributed by atoms with Crippen LogP contribution >= 0.6 is 0 Å². The van der Waals surface area contributed by atoms with Crippen molar-refractivity contribution in [2.75, 3.05) is 19.1 Å². The standard InChI is InChI=1S/C21H20N2O5/c1-27-14-10-8-12(9-11-14)17-15-16(18(22-17)21(26)28-2)20(25)23(19(15)24)13-6-4-3-5-7-13/h3-11,15-18,22H,1-2H3/t15-,16+,17-,18+/m1/s1. The molecule has 0 spiro atoms. The molecular weight excluding hydrogens is 360 g/mol. The van der Waals surface area contributed by atoms with Gasteiger partial charge < -0.3 is 9.47 Å². The van der Waals surface area contributed by atoms with E-state index in [1.807, 2.05) is 18.2 Å². The van der Waals surface area contributed by atoms with E-state index in [-0.39, 0.29) is 11.8 Å². The molecule has 2 heterocycles. The van der Waals surface area contributed by atoms with Crippen LogP contribution in [0.1, 0.15) is 11.6 Å². The van der Waals surface area contributed by atoms with Crippen molar-refractivity contribution >= 4 is 23.5 Å². The molecule has 2 aromatic rings. The second-order valence-electron chi connectivity index (χ2n) is 6.82. The van der Waals surface area contributed by atoms with Crippen molar-refractivity contribution in [2.45, 2.75) is 12.1 Å². The van der Waals surface area contributed by atoms with E-state index in [0.29, 0.717) is 11.4 Å². The molecule has 2 saturated heterocycles. The summed E-state index contributed by atoms with van der Waals surface area (Å²) in [5, 5.41) is 3.15. The van der Waals surface area contributed by atoms with Gasteiger partial charge in [0.2, 0.25) is 11.8 Å². The average Bonchev–Trinajstić information content (AvgIpc) is 3.25. The minimum absolute atomic E-state index is 0.319. The van der Waals surface area contributed by atoms with E-state index in [0.717, 1.165) is 5.56 Å². The summed E-state index contributed by atoms with van der Waals surface area (Å²) in [6.07, 6.45) is 0. The number of nitrogens with one attached hydrogen (secondary N) is 1. The highest BCUT2D eigenvalue weighted by Crippen LogP contribution is 2.45. The lowest BCUT2D eigenvalue weighted by Crippen LogP contribution is -2.43. The maximum absolute atomic E-state index is 13.2. The molecule has 4 rings (SSSR count). The number of anilines is 1. The van der Waals surface area contributed by atoms with E-state index < -0.39 is 29.9 Å². The number of fused-ring (bicyclic) bond motifs is 1. The van der Waals surface area contributed by atoms with E-state index in [4.69, 9.17) is 9.47 Å². The lowest BCUT2D eigenvalue weighted by molar-refractivity contribution is -0.145. The molecule has 28 heavy (non-hydrogen) atoms. The van der Waals surface area contributed by atoms with Crippen LogP contribution in [0.25, 0.3) is 0 Å². The zero-order valence-corrected chi connectivity index (χ0v) is 15.5. The van der Waals surface area contributed by atoms with E-state index in [9.17, 15) is 14.4 Å². The Morgan fingerprint density at radius 1 is 0.929 bits per heavy atom. The second-order valence-corrected chi connectivity index (χ2v) is 6.82. The number of benzene rings is 2. The highest BCUT2D eigenvalue weighted by atomic mass is 16.5. The SMILES string of the molecule is COC(=O)[C@H]1N[C@H](c2ccc(OC)cc2)[C@@H]2C(=O)N(c3ccccc3)C(=O)[C@@H]21. The van der Waals surface area contributed by atoms with Gasteiger partial charge in [0.15, 0.2) is 0 Å². The topological polar surface area (TPSA) is 84.9 Å². The molecule has 0 radical (unpaired) electrons. The lowest BCUT2D eigenvalue weighted by atomic mass is 9.86. The summed E-state index contributed by atoms with van der Waals surface area (Å²) in [7, 11) is 2.85. The first-order valence-corrected chi connectivity index (χ1v) is 8.97. The Labute approximate surface area is 162 Å². The van der Waals surface area contributed by atoms with Gasteiger partial charge >= 0.3 is 5.97 Å². The number of carbonyl (C=O) groups excluding carboxylic acids is 3. The Bertz CT molecular complexity index is 912. The highest BCUT2D eigenvalue weighted by Gasteiger charge is 2.61. The molecule has 7 nitrogen and oxygen atoms in total. The Balaban J connectivity index is 1.75. The van der Waals surface area contributed by atoms with Crippen LogP contribution in [-0.2, 0) is 19.1 Å². The van der Waals surface area contributed by atoms with Gasteiger partial charge in [-0.25, -0.2) is 4.90 Å². The van der Waals surface area contributed by atoms with Crippen molar-refractivity contribution < 1.29 is 23.9 Å². The predicted molar refractivity (Wildman–Crippen MR) is 101 cm³/mol. The summed E-state index contributed by atoms with van der Waals surface area (Å²) in [6, 6.07) is 14.6. The average molecular weight is 380 g/mol. The van der Waals surface area contributed by atoms with Gasteiger partial charge in [0.05, 0.1) is 31.7 Å². The minimum atomic E-state index is -0.882. The Hall–Kier alpha value is -3.19. The number of hydrogen-bond acceptors (Lipinski definition) is 6. The summed E-state index contributed by atoms with van der Waals surface area (Å²) < 4.78 is 10.1. The first-order valence-electron chi connectivity index (χ1n) is 8.97.